The van der Waals surface area contributed by atoms with Gasteiger partial charge in [-0.05, 0) is 125 Å². The molecule has 0 radical (unpaired) electrons. The lowest BCUT2D eigenvalue weighted by Gasteiger charge is -2.11. The first-order chi connectivity index (χ1) is 29.8. The minimum atomic E-state index is -1.02. The molecule has 0 unspecified atom stereocenters. The summed E-state index contributed by atoms with van der Waals surface area (Å²) >= 11 is 0. The fourth-order valence-electron chi connectivity index (χ4n) is 6.94. The highest BCUT2D eigenvalue weighted by atomic mass is 19.1. The molecule has 0 aliphatic carbocycles. The SMILES string of the molecule is CNC(=O)c1c(-c2ccc(F)cc2)oc2ccc(-c3cccc(/C=C/C(=O)O)c3)cc12.CNC(=O)c1c(-c2ccc(F)cc2)oc2ccc(-c3cccc(C(=O)N(C)C)c3)cc12. The number of nitrogens with one attached hydrogen (secondary N) is 2. The van der Waals surface area contributed by atoms with Gasteiger partial charge in [-0.25, -0.2) is 13.6 Å². The Bertz CT molecular complexity index is 3020. The molecule has 12 heteroatoms. The van der Waals surface area contributed by atoms with E-state index in [0.29, 0.717) is 61.3 Å². The number of nitrogens with zero attached hydrogens (tertiary/aromatic N) is 1. The summed E-state index contributed by atoms with van der Waals surface area (Å²) < 4.78 is 38.7. The lowest BCUT2D eigenvalue weighted by molar-refractivity contribution is -0.131. The third-order valence-corrected chi connectivity index (χ3v) is 9.98. The zero-order valence-electron chi connectivity index (χ0n) is 34.0. The Morgan fingerprint density at radius 2 is 1.00 bits per heavy atom. The third kappa shape index (κ3) is 8.89. The van der Waals surface area contributed by atoms with Crippen molar-refractivity contribution >= 4 is 51.7 Å². The molecular weight excluding hydrogens is 793 g/mol. The molecule has 2 heterocycles. The fourth-order valence-corrected chi connectivity index (χ4v) is 6.94. The molecule has 0 saturated carbocycles. The zero-order valence-corrected chi connectivity index (χ0v) is 34.0. The summed E-state index contributed by atoms with van der Waals surface area (Å²) in [5.41, 5.74) is 7.75. The van der Waals surface area contributed by atoms with Gasteiger partial charge in [-0.1, -0.05) is 42.5 Å². The van der Waals surface area contributed by atoms with E-state index >= 15 is 0 Å². The smallest absolute Gasteiger partial charge is 0.328 e. The highest BCUT2D eigenvalue weighted by Crippen LogP contribution is 2.38. The van der Waals surface area contributed by atoms with Gasteiger partial charge in [0.25, 0.3) is 17.7 Å². The van der Waals surface area contributed by atoms with E-state index in [1.165, 1.54) is 42.3 Å². The van der Waals surface area contributed by atoms with Gasteiger partial charge in [-0.3, -0.25) is 14.4 Å². The lowest BCUT2D eigenvalue weighted by atomic mass is 9.99. The zero-order chi connectivity index (χ0) is 44.1. The second kappa shape index (κ2) is 18.0. The first kappa shape index (κ1) is 42.0. The molecule has 0 spiro atoms. The van der Waals surface area contributed by atoms with E-state index in [1.54, 1.807) is 63.6 Å². The molecular formula is C50H39F2N3O7. The number of amides is 3. The third-order valence-electron chi connectivity index (χ3n) is 9.98. The Balaban J connectivity index is 0.000000186. The van der Waals surface area contributed by atoms with Crippen LogP contribution in [-0.4, -0.2) is 61.9 Å². The predicted octanol–water partition coefficient (Wildman–Crippen LogP) is 10.3. The number of furan rings is 2. The molecule has 3 N–H and O–H groups in total. The number of carboxylic acids is 1. The molecule has 3 amide bonds. The van der Waals surface area contributed by atoms with E-state index in [2.05, 4.69) is 10.6 Å². The van der Waals surface area contributed by atoms with Crippen LogP contribution < -0.4 is 10.6 Å². The van der Waals surface area contributed by atoms with E-state index in [1.807, 2.05) is 66.7 Å². The highest BCUT2D eigenvalue weighted by Gasteiger charge is 2.24. The van der Waals surface area contributed by atoms with E-state index in [9.17, 15) is 28.0 Å². The highest BCUT2D eigenvalue weighted by molar-refractivity contribution is 6.13. The van der Waals surface area contributed by atoms with Gasteiger partial charge in [0.15, 0.2) is 0 Å². The Kier molecular flexibility index (Phi) is 12.2. The van der Waals surface area contributed by atoms with Crippen LogP contribution in [0.25, 0.3) is 72.9 Å². The molecule has 10 nitrogen and oxygen atoms in total. The molecule has 310 valence electrons. The topological polar surface area (TPSA) is 142 Å². The molecule has 6 aromatic carbocycles. The molecule has 8 rings (SSSR count). The van der Waals surface area contributed by atoms with Crippen LogP contribution in [0.15, 0.2) is 148 Å². The van der Waals surface area contributed by atoms with Crippen molar-refractivity contribution in [2.75, 3.05) is 28.2 Å². The Labute approximate surface area is 354 Å². The number of carbonyl (C=O) groups excluding carboxylic acids is 3. The van der Waals surface area contributed by atoms with Crippen molar-refractivity contribution in [1.29, 1.82) is 0 Å². The van der Waals surface area contributed by atoms with Crippen LogP contribution in [0.3, 0.4) is 0 Å². The minimum Gasteiger partial charge on any atom is -0.478 e. The van der Waals surface area contributed by atoms with Crippen molar-refractivity contribution in [2.45, 2.75) is 0 Å². The maximum atomic E-state index is 13.4. The fraction of sp³-hybridized carbons (Fsp3) is 0.0800. The number of hydrogen-bond donors (Lipinski definition) is 3. The van der Waals surface area contributed by atoms with Crippen LogP contribution in [0.4, 0.5) is 8.78 Å². The van der Waals surface area contributed by atoms with Gasteiger partial charge in [0.05, 0.1) is 11.1 Å². The predicted molar refractivity (Wildman–Crippen MR) is 236 cm³/mol. The normalized spacial score (nSPS) is 11.0. The number of benzene rings is 6. The second-order valence-corrected chi connectivity index (χ2v) is 14.3. The Morgan fingerprint density at radius 1 is 0.565 bits per heavy atom. The largest absolute Gasteiger partial charge is 0.478 e. The van der Waals surface area contributed by atoms with E-state index in [4.69, 9.17) is 13.9 Å². The molecule has 0 saturated heterocycles. The number of hydrogen-bond acceptors (Lipinski definition) is 6. The van der Waals surface area contributed by atoms with Crippen LogP contribution in [0.5, 0.6) is 0 Å². The van der Waals surface area contributed by atoms with Gasteiger partial charge in [-0.2, -0.15) is 0 Å². The summed E-state index contributed by atoms with van der Waals surface area (Å²) in [5, 5.41) is 15.4. The summed E-state index contributed by atoms with van der Waals surface area (Å²) in [6.07, 6.45) is 2.60. The summed E-state index contributed by atoms with van der Waals surface area (Å²) in [6.45, 7) is 0. The Hall–Kier alpha value is -8.12. The van der Waals surface area contributed by atoms with Gasteiger partial charge < -0.3 is 29.5 Å². The molecule has 62 heavy (non-hydrogen) atoms. The van der Waals surface area contributed by atoms with Crippen molar-refractivity contribution in [2.24, 2.45) is 0 Å². The molecule has 8 aromatic rings. The number of carboxylic acid groups (broad SMARTS) is 1. The van der Waals surface area contributed by atoms with Crippen LogP contribution >= 0.6 is 0 Å². The number of rotatable bonds is 9. The summed E-state index contributed by atoms with van der Waals surface area (Å²) in [5.74, 6) is -1.71. The van der Waals surface area contributed by atoms with Crippen LogP contribution in [0.2, 0.25) is 0 Å². The Morgan fingerprint density at radius 3 is 1.45 bits per heavy atom. The van der Waals surface area contributed by atoms with Crippen LogP contribution in [0, 0.1) is 11.6 Å². The molecule has 0 bridgehead atoms. The quantitative estimate of drug-likeness (QED) is 0.123. The molecule has 0 aliphatic heterocycles. The van der Waals surface area contributed by atoms with E-state index in [-0.39, 0.29) is 29.4 Å². The maximum absolute atomic E-state index is 13.4. The standard InChI is InChI=1S/C25H21FN2O3.C25H18FNO4/c1-27-24(29)22-20-14-17(16-5-4-6-18(13-16)25(30)28(2)3)9-12-21(20)31-23(22)15-7-10-19(26)11-8-15;1-27-25(30)23-20-14-18(17-4-2-3-15(13-17)5-12-22(28)29)8-11-21(20)31-24(23)16-6-9-19(26)10-7-16/h4-14H,1-3H3,(H,27,29);2-14H,1H3,(H,27,30)(H,28,29)/b;12-5+. The van der Waals surface area contributed by atoms with Gasteiger partial charge in [0, 0.05) is 61.7 Å². The second-order valence-electron chi connectivity index (χ2n) is 14.3. The molecule has 0 fully saturated rings. The molecule has 0 atom stereocenters. The minimum absolute atomic E-state index is 0.0871. The van der Waals surface area contributed by atoms with Crippen molar-refractivity contribution in [3.05, 3.63) is 173 Å². The average Bonchev–Trinajstić information content (AvgIpc) is 3.87. The molecule has 0 aliphatic rings. The summed E-state index contributed by atoms with van der Waals surface area (Å²) in [6, 6.07) is 37.4. The van der Waals surface area contributed by atoms with Gasteiger partial charge in [0.2, 0.25) is 0 Å². The monoisotopic (exact) mass is 831 g/mol. The van der Waals surface area contributed by atoms with Crippen molar-refractivity contribution in [1.82, 2.24) is 15.5 Å². The summed E-state index contributed by atoms with van der Waals surface area (Å²) in [7, 11) is 6.51. The first-order valence-corrected chi connectivity index (χ1v) is 19.3. The van der Waals surface area contributed by atoms with Gasteiger partial charge in [-0.15, -0.1) is 0 Å². The van der Waals surface area contributed by atoms with E-state index < -0.39 is 5.97 Å². The van der Waals surface area contributed by atoms with Gasteiger partial charge in [0.1, 0.15) is 34.3 Å². The molecule has 2 aromatic heterocycles. The number of fused-ring (bicyclic) bond motifs is 2. The first-order valence-electron chi connectivity index (χ1n) is 19.3. The van der Waals surface area contributed by atoms with E-state index in [0.717, 1.165) is 33.9 Å². The number of carbonyl (C=O) groups is 4. The van der Waals surface area contributed by atoms with Crippen LogP contribution in [0.1, 0.15) is 36.6 Å². The van der Waals surface area contributed by atoms with Gasteiger partial charge >= 0.3 is 5.97 Å². The lowest BCUT2D eigenvalue weighted by Crippen LogP contribution is -2.21. The van der Waals surface area contributed by atoms with Crippen molar-refractivity contribution in [3.8, 4) is 44.9 Å². The van der Waals surface area contributed by atoms with Crippen molar-refractivity contribution in [3.63, 3.8) is 0 Å². The maximum Gasteiger partial charge on any atom is 0.328 e. The number of halogens is 2. The van der Waals surface area contributed by atoms with Crippen molar-refractivity contribution < 1.29 is 41.9 Å². The number of aliphatic carboxylic acids is 1. The summed E-state index contributed by atoms with van der Waals surface area (Å²) in [4.78, 5) is 50.1. The average molecular weight is 832 g/mol. The van der Waals surface area contributed by atoms with Crippen LogP contribution in [-0.2, 0) is 4.79 Å².